The molecular weight excluding hydrogens is 388 g/mol. The Hall–Kier alpha value is -0.960. The molecule has 0 N–H and O–H groups in total. The summed E-state index contributed by atoms with van der Waals surface area (Å²) < 4.78 is 30.0. The molecule has 2 aliphatic heterocycles. The molecule has 2 atom stereocenters. The quantitative estimate of drug-likeness (QED) is 0.679. The van der Waals surface area contributed by atoms with Gasteiger partial charge in [0.15, 0.2) is 0 Å². The maximum atomic E-state index is 11.4. The molecule has 1 aliphatic carbocycles. The molecule has 7 nitrogen and oxygen atoms in total. The number of hydrogen-bond donors (Lipinski definition) is 0. The Morgan fingerprint density at radius 1 is 1.22 bits per heavy atom. The first-order valence-corrected chi connectivity index (χ1v) is 11.9. The fourth-order valence-electron chi connectivity index (χ4n) is 4.34. The molecule has 1 saturated carbocycles. The third-order valence-electron chi connectivity index (χ3n) is 6.14. The topological polar surface area (TPSA) is 75.6 Å². The van der Waals surface area contributed by atoms with E-state index in [1.165, 1.54) is 29.8 Å². The average Bonchev–Trinajstić information content (AvgIpc) is 3.36. The zero-order valence-corrected chi connectivity index (χ0v) is 17.2. The lowest BCUT2D eigenvalue weighted by Gasteiger charge is -2.36. The highest BCUT2D eigenvalue weighted by molar-refractivity contribution is 7.88. The summed E-state index contributed by atoms with van der Waals surface area (Å²) >= 11 is 5.86. The van der Waals surface area contributed by atoms with Crippen LogP contribution in [0.3, 0.4) is 0 Å². The van der Waals surface area contributed by atoms with Crippen molar-refractivity contribution < 1.29 is 13.2 Å². The van der Waals surface area contributed by atoms with E-state index >= 15 is 0 Å². The van der Waals surface area contributed by atoms with E-state index < -0.39 is 10.0 Å². The van der Waals surface area contributed by atoms with E-state index in [2.05, 4.69) is 14.9 Å². The van der Waals surface area contributed by atoms with Crippen LogP contribution in [0.1, 0.15) is 25.7 Å². The van der Waals surface area contributed by atoms with Gasteiger partial charge in [0.25, 0.3) is 0 Å². The molecule has 9 heteroatoms. The molecule has 3 heterocycles. The third-order valence-corrected chi connectivity index (χ3v) is 7.57. The van der Waals surface area contributed by atoms with Crippen LogP contribution in [0.2, 0.25) is 5.02 Å². The number of hydrogen-bond acceptors (Lipinski definition) is 6. The number of halogens is 1. The van der Waals surface area contributed by atoms with Crippen LogP contribution < -0.4 is 4.90 Å². The summed E-state index contributed by atoms with van der Waals surface area (Å²) in [5, 5.41) is 0.572. The van der Waals surface area contributed by atoms with E-state index in [1.54, 1.807) is 12.4 Å². The zero-order chi connectivity index (χ0) is 19.0. The maximum Gasteiger partial charge on any atom is 0.225 e. The number of aromatic nitrogens is 2. The van der Waals surface area contributed by atoms with Gasteiger partial charge in [0.2, 0.25) is 16.0 Å². The smallest absolute Gasteiger partial charge is 0.225 e. The molecule has 0 aromatic carbocycles. The minimum atomic E-state index is -3.04. The molecule has 0 spiro atoms. The lowest BCUT2D eigenvalue weighted by Crippen LogP contribution is -2.54. The molecule has 2 unspecified atom stereocenters. The molecular formula is C18H27ClN4O3S. The lowest BCUT2D eigenvalue weighted by molar-refractivity contribution is -0.0223. The monoisotopic (exact) mass is 414 g/mol. The van der Waals surface area contributed by atoms with Crippen molar-refractivity contribution in [3.8, 4) is 0 Å². The highest BCUT2D eigenvalue weighted by Gasteiger charge is 2.43. The Morgan fingerprint density at radius 3 is 2.52 bits per heavy atom. The first-order valence-electron chi connectivity index (χ1n) is 9.69. The first kappa shape index (κ1) is 19.4. The predicted octanol–water partition coefficient (Wildman–Crippen LogP) is 2.03. The van der Waals surface area contributed by atoms with Crippen molar-refractivity contribution in [2.24, 2.45) is 17.8 Å². The normalized spacial score (nSPS) is 27.6. The molecule has 3 aliphatic rings. The second-order valence-electron chi connectivity index (χ2n) is 8.05. The summed E-state index contributed by atoms with van der Waals surface area (Å²) in [5.74, 6) is 3.18. The van der Waals surface area contributed by atoms with Gasteiger partial charge in [-0.25, -0.2) is 18.4 Å². The highest BCUT2D eigenvalue weighted by atomic mass is 35.5. The van der Waals surface area contributed by atoms with Crippen LogP contribution >= 0.6 is 11.6 Å². The third kappa shape index (κ3) is 4.72. The average molecular weight is 415 g/mol. The summed E-state index contributed by atoms with van der Waals surface area (Å²) in [5.41, 5.74) is 0. The maximum absolute atomic E-state index is 11.4. The van der Waals surface area contributed by atoms with Crippen LogP contribution in [0.4, 0.5) is 5.95 Å². The van der Waals surface area contributed by atoms with E-state index in [4.69, 9.17) is 16.3 Å². The van der Waals surface area contributed by atoms with Gasteiger partial charge in [0.05, 0.1) is 29.8 Å². The predicted molar refractivity (Wildman–Crippen MR) is 104 cm³/mol. The number of ether oxygens (including phenoxy) is 1. The number of piperidine rings is 1. The number of anilines is 1. The minimum Gasteiger partial charge on any atom is -0.375 e. The van der Waals surface area contributed by atoms with Crippen LogP contribution in [0.25, 0.3) is 0 Å². The van der Waals surface area contributed by atoms with Gasteiger partial charge in [-0.3, -0.25) is 0 Å². The Kier molecular flexibility index (Phi) is 5.60. The summed E-state index contributed by atoms with van der Waals surface area (Å²) in [7, 11) is -3.04. The van der Waals surface area contributed by atoms with Crippen molar-refractivity contribution in [2.45, 2.75) is 31.8 Å². The Labute approximate surface area is 166 Å². The minimum absolute atomic E-state index is 0.0829. The molecule has 1 aromatic rings. The van der Waals surface area contributed by atoms with E-state index in [-0.39, 0.29) is 6.10 Å². The SMILES string of the molecule is CS(=O)(=O)N1CC(OCCC2CC2C2CCN(c3ncc(Cl)cn3)CC2)C1. The van der Waals surface area contributed by atoms with Crippen molar-refractivity contribution in [2.75, 3.05) is 43.9 Å². The van der Waals surface area contributed by atoms with Crippen LogP contribution in [-0.4, -0.2) is 67.8 Å². The standard InChI is InChI=1S/C18H27ClN4O3S/c1-27(24,25)23-11-16(12-23)26-7-4-14-8-17(14)13-2-5-22(6-3-13)18-20-9-15(19)10-21-18/h9-10,13-14,16-17H,2-8,11-12H2,1H3. The number of rotatable bonds is 7. The van der Waals surface area contributed by atoms with Crippen molar-refractivity contribution in [1.29, 1.82) is 0 Å². The highest BCUT2D eigenvalue weighted by Crippen LogP contribution is 2.49. The molecule has 150 valence electrons. The van der Waals surface area contributed by atoms with Gasteiger partial charge in [-0.1, -0.05) is 11.6 Å². The van der Waals surface area contributed by atoms with E-state index in [9.17, 15) is 8.42 Å². The summed E-state index contributed by atoms with van der Waals surface area (Å²) in [6, 6.07) is 0. The van der Waals surface area contributed by atoms with Gasteiger partial charge in [-0.15, -0.1) is 0 Å². The lowest BCUT2D eigenvalue weighted by atomic mass is 9.90. The van der Waals surface area contributed by atoms with E-state index in [1.807, 2.05) is 0 Å². The molecule has 0 radical (unpaired) electrons. The molecule has 27 heavy (non-hydrogen) atoms. The molecule has 3 fully saturated rings. The molecule has 0 amide bonds. The van der Waals surface area contributed by atoms with Gasteiger partial charge in [0, 0.05) is 32.8 Å². The largest absolute Gasteiger partial charge is 0.375 e. The molecule has 1 aromatic heterocycles. The van der Waals surface area contributed by atoms with Crippen LogP contribution in [-0.2, 0) is 14.8 Å². The Balaban J connectivity index is 1.12. The number of sulfonamides is 1. The fourth-order valence-corrected chi connectivity index (χ4v) is 5.31. The summed E-state index contributed by atoms with van der Waals surface area (Å²) in [4.78, 5) is 10.9. The van der Waals surface area contributed by atoms with Gasteiger partial charge >= 0.3 is 0 Å². The van der Waals surface area contributed by atoms with Crippen LogP contribution in [0.5, 0.6) is 0 Å². The van der Waals surface area contributed by atoms with E-state index in [0.717, 1.165) is 49.8 Å². The fraction of sp³-hybridized carbons (Fsp3) is 0.778. The van der Waals surface area contributed by atoms with Crippen molar-refractivity contribution in [3.63, 3.8) is 0 Å². The Bertz CT molecular complexity index is 746. The second kappa shape index (κ2) is 7.81. The van der Waals surface area contributed by atoms with Crippen LogP contribution in [0.15, 0.2) is 12.4 Å². The molecule has 0 bridgehead atoms. The summed E-state index contributed by atoms with van der Waals surface area (Å²) in [6.45, 7) is 3.79. The second-order valence-corrected chi connectivity index (χ2v) is 10.5. The number of nitrogens with zero attached hydrogens (tertiary/aromatic N) is 4. The van der Waals surface area contributed by atoms with Crippen molar-refractivity contribution in [3.05, 3.63) is 17.4 Å². The zero-order valence-electron chi connectivity index (χ0n) is 15.6. The first-order chi connectivity index (χ1) is 12.9. The molecule has 4 rings (SSSR count). The Morgan fingerprint density at radius 2 is 1.89 bits per heavy atom. The van der Waals surface area contributed by atoms with Crippen molar-refractivity contribution in [1.82, 2.24) is 14.3 Å². The van der Waals surface area contributed by atoms with E-state index in [0.29, 0.717) is 18.1 Å². The van der Waals surface area contributed by atoms with Gasteiger partial charge in [-0.2, -0.15) is 4.31 Å². The van der Waals surface area contributed by atoms with Gasteiger partial charge < -0.3 is 9.64 Å². The van der Waals surface area contributed by atoms with Crippen molar-refractivity contribution >= 4 is 27.6 Å². The summed E-state index contributed by atoms with van der Waals surface area (Å²) in [6.07, 6.45) is 9.45. The van der Waals surface area contributed by atoms with Gasteiger partial charge in [-0.05, 0) is 43.4 Å². The van der Waals surface area contributed by atoms with Gasteiger partial charge in [0.1, 0.15) is 0 Å². The van der Waals surface area contributed by atoms with Crippen LogP contribution in [0, 0.1) is 17.8 Å². The molecule has 2 saturated heterocycles.